The molecule has 0 atom stereocenters. The van der Waals surface area contributed by atoms with E-state index in [0.717, 1.165) is 71.9 Å². The van der Waals surface area contributed by atoms with Crippen LogP contribution in [0.3, 0.4) is 0 Å². The molecule has 214 valence electrons. The zero-order valence-corrected chi connectivity index (χ0v) is 24.7. The van der Waals surface area contributed by atoms with Crippen molar-refractivity contribution in [2.24, 2.45) is 0 Å². The number of para-hydroxylation sites is 3. The number of nitrogens with zero attached hydrogens (tertiary/aromatic N) is 5. The normalized spacial score (nSPS) is 11.5. The first-order valence-corrected chi connectivity index (χ1v) is 15.2. The van der Waals surface area contributed by atoms with E-state index >= 15 is 0 Å². The van der Waals surface area contributed by atoms with E-state index < -0.39 is 0 Å². The van der Waals surface area contributed by atoms with E-state index in [2.05, 4.69) is 106 Å². The molecule has 0 unspecified atom stereocenters. The summed E-state index contributed by atoms with van der Waals surface area (Å²) in [6.07, 6.45) is 0. The van der Waals surface area contributed by atoms with Gasteiger partial charge in [-0.3, -0.25) is 4.57 Å². The van der Waals surface area contributed by atoms with Crippen LogP contribution in [0.1, 0.15) is 5.56 Å². The Morgan fingerprint density at radius 1 is 0.478 bits per heavy atom. The first kappa shape index (κ1) is 25.9. The topological polar surface area (TPSA) is 59.4 Å². The number of rotatable bonds is 4. The van der Waals surface area contributed by atoms with Gasteiger partial charge in [0.15, 0.2) is 5.82 Å². The smallest absolute Gasteiger partial charge is 0.162 e. The van der Waals surface area contributed by atoms with Gasteiger partial charge >= 0.3 is 0 Å². The summed E-state index contributed by atoms with van der Waals surface area (Å²) in [6.45, 7) is 0. The molecule has 0 aliphatic carbocycles. The van der Waals surface area contributed by atoms with Gasteiger partial charge in [-0.05, 0) is 30.3 Å². The molecule has 9 aromatic rings. The van der Waals surface area contributed by atoms with Gasteiger partial charge in [0, 0.05) is 38.7 Å². The molecule has 0 N–H and O–H groups in total. The molecule has 0 radical (unpaired) electrons. The number of fused-ring (bicyclic) bond motifs is 6. The van der Waals surface area contributed by atoms with Gasteiger partial charge in [0.2, 0.25) is 0 Å². The average molecular weight is 588 g/mol. The highest BCUT2D eigenvalue weighted by Crippen LogP contribution is 2.40. The Morgan fingerprint density at radius 3 is 1.61 bits per heavy atom. The van der Waals surface area contributed by atoms with Crippen LogP contribution < -0.4 is 0 Å². The monoisotopic (exact) mass is 587 g/mol. The van der Waals surface area contributed by atoms with E-state index in [1.165, 1.54) is 0 Å². The van der Waals surface area contributed by atoms with Crippen LogP contribution in [0.25, 0.3) is 77.8 Å². The highest BCUT2D eigenvalue weighted by molar-refractivity contribution is 6.15. The predicted molar refractivity (Wildman–Crippen MR) is 186 cm³/mol. The average Bonchev–Trinajstić information content (AvgIpc) is 3.65. The van der Waals surface area contributed by atoms with Crippen molar-refractivity contribution in [3.8, 4) is 40.2 Å². The summed E-state index contributed by atoms with van der Waals surface area (Å²) in [4.78, 5) is 10.3. The van der Waals surface area contributed by atoms with Crippen LogP contribution in [-0.2, 0) is 0 Å². The summed E-state index contributed by atoms with van der Waals surface area (Å²) in [6, 6.07) is 54.2. The third-order valence-electron chi connectivity index (χ3n) is 8.74. The largest absolute Gasteiger partial charge is 0.307 e. The van der Waals surface area contributed by atoms with E-state index in [0.29, 0.717) is 11.4 Å². The fraction of sp³-hybridized carbons (Fsp3) is 0. The summed E-state index contributed by atoms with van der Waals surface area (Å²) in [5.74, 6) is 1.40. The Bertz CT molecular complexity index is 2530. The SMILES string of the molecule is N#Cc1cc(-n2c3ccccc3c3ccccc32)c2c(c1)c1ccccc1n2-c1cc(-c2ccccc2)nc(-c2ccccc2)n1. The minimum Gasteiger partial charge on any atom is -0.307 e. The molecule has 0 saturated heterocycles. The highest BCUT2D eigenvalue weighted by atomic mass is 15.1. The van der Waals surface area contributed by atoms with Gasteiger partial charge in [0.1, 0.15) is 5.82 Å². The summed E-state index contributed by atoms with van der Waals surface area (Å²) >= 11 is 0. The van der Waals surface area contributed by atoms with Gasteiger partial charge in [0.05, 0.1) is 45.1 Å². The van der Waals surface area contributed by atoms with E-state index in [1.54, 1.807) is 0 Å². The van der Waals surface area contributed by atoms with Gasteiger partial charge < -0.3 is 4.57 Å². The zero-order valence-electron chi connectivity index (χ0n) is 24.7. The molecule has 0 aliphatic rings. The van der Waals surface area contributed by atoms with Crippen LogP contribution >= 0.6 is 0 Å². The molecule has 0 aliphatic heterocycles. The molecule has 9 rings (SSSR count). The van der Waals surface area contributed by atoms with E-state index in [9.17, 15) is 5.26 Å². The summed E-state index contributed by atoms with van der Waals surface area (Å²) in [5.41, 5.74) is 8.45. The van der Waals surface area contributed by atoms with Crippen molar-refractivity contribution < 1.29 is 0 Å². The maximum atomic E-state index is 10.3. The van der Waals surface area contributed by atoms with Crippen LogP contribution in [0.15, 0.2) is 152 Å². The van der Waals surface area contributed by atoms with Crippen molar-refractivity contribution in [3.63, 3.8) is 0 Å². The lowest BCUT2D eigenvalue weighted by atomic mass is 10.1. The Hall–Kier alpha value is -6.51. The number of benzene rings is 6. The predicted octanol–water partition coefficient (Wildman–Crippen LogP) is 9.88. The fourth-order valence-electron chi connectivity index (χ4n) is 6.75. The number of nitriles is 1. The summed E-state index contributed by atoms with van der Waals surface area (Å²) < 4.78 is 4.53. The minimum atomic E-state index is 0.602. The van der Waals surface area contributed by atoms with Crippen LogP contribution in [0.4, 0.5) is 0 Å². The molecule has 0 bridgehead atoms. The van der Waals surface area contributed by atoms with Crippen molar-refractivity contribution >= 4 is 43.6 Å². The molecule has 3 aromatic heterocycles. The van der Waals surface area contributed by atoms with Crippen molar-refractivity contribution in [3.05, 3.63) is 157 Å². The van der Waals surface area contributed by atoms with Crippen LogP contribution in [-0.4, -0.2) is 19.1 Å². The third-order valence-corrected chi connectivity index (χ3v) is 8.74. The maximum absolute atomic E-state index is 10.3. The third kappa shape index (κ3) is 3.94. The quantitative estimate of drug-likeness (QED) is 0.206. The summed E-state index contributed by atoms with van der Waals surface area (Å²) in [7, 11) is 0. The van der Waals surface area contributed by atoms with E-state index in [-0.39, 0.29) is 0 Å². The number of hydrogen-bond acceptors (Lipinski definition) is 3. The Labute approximate surface area is 264 Å². The van der Waals surface area contributed by atoms with Crippen molar-refractivity contribution in [2.45, 2.75) is 0 Å². The molecular weight excluding hydrogens is 562 g/mol. The molecular formula is C41H25N5. The summed E-state index contributed by atoms with van der Waals surface area (Å²) in [5, 5.41) is 14.7. The first-order valence-electron chi connectivity index (χ1n) is 15.2. The molecule has 3 heterocycles. The van der Waals surface area contributed by atoms with Crippen molar-refractivity contribution in [1.82, 2.24) is 19.1 Å². The van der Waals surface area contributed by atoms with Crippen LogP contribution in [0.2, 0.25) is 0 Å². The molecule has 0 fully saturated rings. The van der Waals surface area contributed by atoms with E-state index in [1.807, 2.05) is 60.7 Å². The second kappa shape index (κ2) is 10.3. The lowest BCUT2D eigenvalue weighted by Crippen LogP contribution is -2.05. The van der Waals surface area contributed by atoms with Crippen molar-refractivity contribution in [2.75, 3.05) is 0 Å². The second-order valence-corrected chi connectivity index (χ2v) is 11.4. The Balaban J connectivity index is 1.46. The van der Waals surface area contributed by atoms with Gasteiger partial charge in [-0.25, -0.2) is 9.97 Å². The van der Waals surface area contributed by atoms with Crippen LogP contribution in [0.5, 0.6) is 0 Å². The number of hydrogen-bond donors (Lipinski definition) is 0. The molecule has 0 spiro atoms. The first-order chi connectivity index (χ1) is 22.8. The van der Waals surface area contributed by atoms with Gasteiger partial charge in [0.25, 0.3) is 0 Å². The molecule has 46 heavy (non-hydrogen) atoms. The van der Waals surface area contributed by atoms with E-state index in [4.69, 9.17) is 9.97 Å². The maximum Gasteiger partial charge on any atom is 0.162 e. The molecule has 0 amide bonds. The lowest BCUT2D eigenvalue weighted by Gasteiger charge is -2.16. The second-order valence-electron chi connectivity index (χ2n) is 11.4. The molecule has 5 nitrogen and oxygen atoms in total. The lowest BCUT2D eigenvalue weighted by molar-refractivity contribution is 1.04. The Kier molecular flexibility index (Phi) is 5.81. The van der Waals surface area contributed by atoms with Crippen molar-refractivity contribution in [1.29, 1.82) is 5.26 Å². The minimum absolute atomic E-state index is 0.602. The zero-order chi connectivity index (χ0) is 30.6. The van der Waals surface area contributed by atoms with Gasteiger partial charge in [-0.15, -0.1) is 0 Å². The molecule has 0 saturated carbocycles. The van der Waals surface area contributed by atoms with Gasteiger partial charge in [-0.2, -0.15) is 5.26 Å². The standard InChI is InChI=1S/C41H25N5/c42-26-27-23-33-32-19-9-12-22-37(32)46(39-25-34(28-13-3-1-4-14-28)43-41(44-39)29-15-5-2-6-16-29)40(33)38(24-27)45-35-20-10-7-17-30(35)31-18-8-11-21-36(31)45/h1-25H. The molecule has 5 heteroatoms. The number of aromatic nitrogens is 4. The molecule has 6 aromatic carbocycles. The highest BCUT2D eigenvalue weighted by Gasteiger charge is 2.22. The Morgan fingerprint density at radius 2 is 1.00 bits per heavy atom. The van der Waals surface area contributed by atoms with Gasteiger partial charge in [-0.1, -0.05) is 115 Å². The van der Waals surface area contributed by atoms with Crippen LogP contribution in [0, 0.1) is 11.3 Å². The fourth-order valence-corrected chi connectivity index (χ4v) is 6.75.